The van der Waals surface area contributed by atoms with Crippen LogP contribution in [-0.4, -0.2) is 46.8 Å². The normalized spacial score (nSPS) is 17.1. The first-order valence-electron chi connectivity index (χ1n) is 8.35. The number of aryl methyl sites for hydroxylation is 1. The van der Waals surface area contributed by atoms with Gasteiger partial charge in [-0.1, -0.05) is 23.2 Å². The molecule has 1 fully saturated rings. The Balaban J connectivity index is 1.84. The number of aromatic nitrogens is 2. The summed E-state index contributed by atoms with van der Waals surface area (Å²) in [6, 6.07) is 5.68. The molecule has 7 heteroatoms. The van der Waals surface area contributed by atoms with E-state index in [1.54, 1.807) is 12.1 Å². The molecular formula is C18H22Cl2N4O. The SMILES string of the molecule is Cc1nn(-c2ccc(Cl)c(Cl)c2)c(C)c1CC(=O)N(C)C1CCNC1. The third-order valence-electron chi connectivity index (χ3n) is 4.89. The lowest BCUT2D eigenvalue weighted by molar-refractivity contribution is -0.130. The minimum atomic E-state index is 0.119. The van der Waals surface area contributed by atoms with Gasteiger partial charge >= 0.3 is 0 Å². The van der Waals surface area contributed by atoms with Crippen LogP contribution in [0.5, 0.6) is 0 Å². The second-order valence-electron chi connectivity index (χ2n) is 6.49. The number of benzene rings is 1. The van der Waals surface area contributed by atoms with Crippen LogP contribution in [0.2, 0.25) is 10.0 Å². The Labute approximate surface area is 157 Å². The number of likely N-dealkylation sites (N-methyl/N-ethyl adjacent to an activating group) is 1. The van der Waals surface area contributed by atoms with Gasteiger partial charge in [-0.2, -0.15) is 5.10 Å². The second-order valence-corrected chi connectivity index (χ2v) is 7.30. The van der Waals surface area contributed by atoms with Crippen LogP contribution in [-0.2, 0) is 11.2 Å². The zero-order valence-corrected chi connectivity index (χ0v) is 16.2. The van der Waals surface area contributed by atoms with Crippen LogP contribution in [0.15, 0.2) is 18.2 Å². The quantitative estimate of drug-likeness (QED) is 0.885. The number of amides is 1. The predicted octanol–water partition coefficient (Wildman–Crippen LogP) is 3.16. The van der Waals surface area contributed by atoms with E-state index in [1.165, 1.54) is 0 Å². The van der Waals surface area contributed by atoms with E-state index in [0.717, 1.165) is 42.1 Å². The molecule has 0 saturated carbocycles. The van der Waals surface area contributed by atoms with Crippen molar-refractivity contribution in [2.24, 2.45) is 0 Å². The molecule has 2 aromatic rings. The standard InChI is InChI=1S/C18H22Cl2N4O/c1-11-15(9-18(25)23(3)14-6-7-21-10-14)12(2)24(22-11)13-4-5-16(19)17(20)8-13/h4-5,8,14,21H,6-7,9-10H2,1-3H3. The molecule has 1 aliphatic heterocycles. The van der Waals surface area contributed by atoms with Crippen molar-refractivity contribution in [3.63, 3.8) is 0 Å². The Morgan fingerprint density at radius 2 is 2.12 bits per heavy atom. The van der Waals surface area contributed by atoms with E-state index in [-0.39, 0.29) is 11.9 Å². The number of nitrogens with one attached hydrogen (secondary N) is 1. The zero-order chi connectivity index (χ0) is 18.1. The molecule has 1 amide bonds. The highest BCUT2D eigenvalue weighted by Crippen LogP contribution is 2.26. The minimum Gasteiger partial charge on any atom is -0.341 e. The highest BCUT2D eigenvalue weighted by molar-refractivity contribution is 6.42. The van der Waals surface area contributed by atoms with E-state index in [4.69, 9.17) is 23.2 Å². The van der Waals surface area contributed by atoms with Crippen molar-refractivity contribution >= 4 is 29.1 Å². The lowest BCUT2D eigenvalue weighted by Gasteiger charge is -2.23. The Morgan fingerprint density at radius 1 is 1.36 bits per heavy atom. The highest BCUT2D eigenvalue weighted by atomic mass is 35.5. The molecule has 0 spiro atoms. The van der Waals surface area contributed by atoms with Crippen molar-refractivity contribution in [3.8, 4) is 5.69 Å². The average molecular weight is 381 g/mol. The Kier molecular flexibility index (Phi) is 5.37. The molecule has 1 atom stereocenters. The smallest absolute Gasteiger partial charge is 0.227 e. The van der Waals surface area contributed by atoms with E-state index in [1.807, 2.05) is 36.5 Å². The van der Waals surface area contributed by atoms with Gasteiger partial charge in [-0.25, -0.2) is 4.68 Å². The summed E-state index contributed by atoms with van der Waals surface area (Å²) in [4.78, 5) is 14.5. The number of hydrogen-bond donors (Lipinski definition) is 1. The molecule has 3 rings (SSSR count). The molecule has 1 aromatic heterocycles. The average Bonchev–Trinajstić information content (AvgIpc) is 3.21. The van der Waals surface area contributed by atoms with Crippen molar-refractivity contribution in [2.75, 3.05) is 20.1 Å². The summed E-state index contributed by atoms with van der Waals surface area (Å²) in [5, 5.41) is 8.88. The summed E-state index contributed by atoms with van der Waals surface area (Å²) < 4.78 is 1.82. The van der Waals surface area contributed by atoms with Crippen LogP contribution in [0.1, 0.15) is 23.4 Å². The molecular weight excluding hydrogens is 359 g/mol. The van der Waals surface area contributed by atoms with Gasteiger partial charge in [-0.3, -0.25) is 4.79 Å². The van der Waals surface area contributed by atoms with Crippen LogP contribution in [0.3, 0.4) is 0 Å². The number of rotatable bonds is 4. The number of hydrogen-bond acceptors (Lipinski definition) is 3. The molecule has 1 unspecified atom stereocenters. The first-order valence-corrected chi connectivity index (χ1v) is 9.11. The molecule has 1 saturated heterocycles. The fourth-order valence-electron chi connectivity index (χ4n) is 3.25. The number of halogens is 2. The fourth-order valence-corrected chi connectivity index (χ4v) is 3.54. The van der Waals surface area contributed by atoms with Crippen molar-refractivity contribution in [1.29, 1.82) is 0 Å². The maximum atomic E-state index is 12.7. The maximum absolute atomic E-state index is 12.7. The first kappa shape index (κ1) is 18.2. The predicted molar refractivity (Wildman–Crippen MR) is 101 cm³/mol. The second kappa shape index (κ2) is 7.36. The fraction of sp³-hybridized carbons (Fsp3) is 0.444. The van der Waals surface area contributed by atoms with Crippen LogP contribution < -0.4 is 5.32 Å². The maximum Gasteiger partial charge on any atom is 0.227 e. The summed E-state index contributed by atoms with van der Waals surface area (Å²) >= 11 is 12.1. The highest BCUT2D eigenvalue weighted by Gasteiger charge is 2.25. The number of carbonyl (C=O) groups is 1. The summed E-state index contributed by atoms with van der Waals surface area (Å²) in [7, 11) is 1.88. The molecule has 0 aliphatic carbocycles. The molecule has 1 aliphatic rings. The summed E-state index contributed by atoms with van der Waals surface area (Å²) in [6.45, 7) is 5.74. The van der Waals surface area contributed by atoms with Crippen LogP contribution in [0.25, 0.3) is 5.69 Å². The third kappa shape index (κ3) is 3.68. The van der Waals surface area contributed by atoms with Crippen molar-refractivity contribution in [3.05, 3.63) is 45.2 Å². The monoisotopic (exact) mass is 380 g/mol. The summed E-state index contributed by atoms with van der Waals surface area (Å²) in [5.74, 6) is 0.119. The van der Waals surface area contributed by atoms with Gasteiger partial charge in [0.05, 0.1) is 27.8 Å². The van der Waals surface area contributed by atoms with Crippen LogP contribution in [0, 0.1) is 13.8 Å². The Morgan fingerprint density at radius 3 is 2.76 bits per heavy atom. The summed E-state index contributed by atoms with van der Waals surface area (Å²) in [5.41, 5.74) is 3.60. The van der Waals surface area contributed by atoms with Gasteiger partial charge in [0, 0.05) is 30.9 Å². The van der Waals surface area contributed by atoms with Gasteiger partial charge < -0.3 is 10.2 Å². The summed E-state index contributed by atoms with van der Waals surface area (Å²) in [6.07, 6.45) is 1.36. The minimum absolute atomic E-state index is 0.119. The number of nitrogens with zero attached hydrogens (tertiary/aromatic N) is 3. The van der Waals surface area contributed by atoms with E-state index in [9.17, 15) is 4.79 Å². The molecule has 0 bridgehead atoms. The number of carbonyl (C=O) groups excluding carboxylic acids is 1. The van der Waals surface area contributed by atoms with Crippen molar-refractivity contribution in [1.82, 2.24) is 20.0 Å². The van der Waals surface area contributed by atoms with Gasteiger partial charge in [0.1, 0.15) is 0 Å². The van der Waals surface area contributed by atoms with Gasteiger partial charge in [0.2, 0.25) is 5.91 Å². The van der Waals surface area contributed by atoms with Crippen molar-refractivity contribution < 1.29 is 4.79 Å². The molecule has 0 radical (unpaired) electrons. The van der Waals surface area contributed by atoms with E-state index in [2.05, 4.69) is 10.4 Å². The molecule has 25 heavy (non-hydrogen) atoms. The van der Waals surface area contributed by atoms with E-state index < -0.39 is 0 Å². The third-order valence-corrected chi connectivity index (χ3v) is 5.63. The van der Waals surface area contributed by atoms with E-state index >= 15 is 0 Å². The van der Waals surface area contributed by atoms with Gasteiger partial charge in [-0.05, 0) is 45.0 Å². The molecule has 2 heterocycles. The molecule has 134 valence electrons. The van der Waals surface area contributed by atoms with Crippen LogP contribution >= 0.6 is 23.2 Å². The Bertz CT molecular complexity index is 797. The van der Waals surface area contributed by atoms with Crippen LogP contribution in [0.4, 0.5) is 0 Å². The Hall–Kier alpha value is -1.56. The largest absolute Gasteiger partial charge is 0.341 e. The van der Waals surface area contributed by atoms with Gasteiger partial charge in [-0.15, -0.1) is 0 Å². The van der Waals surface area contributed by atoms with E-state index in [0.29, 0.717) is 16.5 Å². The van der Waals surface area contributed by atoms with Crippen molar-refractivity contribution in [2.45, 2.75) is 32.7 Å². The first-order chi connectivity index (χ1) is 11.9. The topological polar surface area (TPSA) is 50.2 Å². The van der Waals surface area contributed by atoms with Gasteiger partial charge in [0.15, 0.2) is 0 Å². The molecule has 5 nitrogen and oxygen atoms in total. The lowest BCUT2D eigenvalue weighted by Crippen LogP contribution is -2.39. The zero-order valence-electron chi connectivity index (χ0n) is 14.6. The molecule has 1 aromatic carbocycles. The van der Waals surface area contributed by atoms with Gasteiger partial charge in [0.25, 0.3) is 0 Å². The molecule has 1 N–H and O–H groups in total. The lowest BCUT2D eigenvalue weighted by atomic mass is 10.1.